The maximum Gasteiger partial charge on any atom is 0.276 e. The van der Waals surface area contributed by atoms with Crippen molar-refractivity contribution in [1.82, 2.24) is 10.3 Å². The Morgan fingerprint density at radius 2 is 1.88 bits per heavy atom. The summed E-state index contributed by atoms with van der Waals surface area (Å²) in [6.07, 6.45) is 3.99. The van der Waals surface area contributed by atoms with Crippen molar-refractivity contribution >= 4 is 28.5 Å². The lowest BCUT2D eigenvalue weighted by atomic mass is 10.1. The van der Waals surface area contributed by atoms with Gasteiger partial charge in [-0.2, -0.15) is 0 Å². The summed E-state index contributed by atoms with van der Waals surface area (Å²) in [7, 11) is 0. The smallest absolute Gasteiger partial charge is 0.276 e. The Labute approximate surface area is 201 Å². The van der Waals surface area contributed by atoms with Crippen LogP contribution >= 0.6 is 11.8 Å². The van der Waals surface area contributed by atoms with E-state index >= 15 is 0 Å². The second kappa shape index (κ2) is 9.85. The molecule has 0 radical (unpaired) electrons. The summed E-state index contributed by atoms with van der Waals surface area (Å²) >= 11 is 1.54. The molecule has 8 heteroatoms. The molecule has 5 rings (SSSR count). The first kappa shape index (κ1) is 22.4. The number of furan rings is 1. The fourth-order valence-corrected chi connectivity index (χ4v) is 4.89. The number of nitrogens with zero attached hydrogens (tertiary/aromatic N) is 3. The van der Waals surface area contributed by atoms with E-state index < -0.39 is 6.17 Å². The van der Waals surface area contributed by atoms with Crippen LogP contribution in [-0.4, -0.2) is 21.8 Å². The number of hydrogen-bond donors (Lipinski definition) is 1. The second-order valence-electron chi connectivity index (χ2n) is 8.19. The standard InChI is InChI=1S/C26H25FN4O2S/c1-2-3-4-7-16-34-26-29-25(32)23-19-8-5-6-9-20(19)28-24(31(23)30-26)22-15-14-21(33-22)17-10-12-18(27)13-11-17/h5-6,8-15,24H,2-4,7,16H2,1H3,(H,29,30,32)/t24-/m1/s1. The molecule has 2 aliphatic rings. The van der Waals surface area contributed by atoms with Gasteiger partial charge in [-0.1, -0.05) is 56.1 Å². The minimum absolute atomic E-state index is 0.205. The summed E-state index contributed by atoms with van der Waals surface area (Å²) in [5.74, 6) is 1.53. The molecule has 3 aromatic rings. The van der Waals surface area contributed by atoms with E-state index in [0.29, 0.717) is 27.7 Å². The molecule has 1 atom stereocenters. The molecule has 2 aliphatic heterocycles. The predicted molar refractivity (Wildman–Crippen MR) is 131 cm³/mol. The normalized spacial score (nSPS) is 16.9. The van der Waals surface area contributed by atoms with Crippen LogP contribution in [0.4, 0.5) is 4.39 Å². The molecule has 2 aromatic carbocycles. The van der Waals surface area contributed by atoms with Gasteiger partial charge in [0, 0.05) is 16.5 Å². The SMILES string of the molecule is CCCCCCSC1=NN2C(=c3ccccc3=N[C@H]2c2ccc(-c3ccc(F)cc3)o2)C(=O)N1. The summed E-state index contributed by atoms with van der Waals surface area (Å²) in [5, 5.41) is 11.4. The number of benzene rings is 2. The number of amidine groups is 1. The lowest BCUT2D eigenvalue weighted by molar-refractivity contribution is -0.116. The predicted octanol–water partition coefficient (Wildman–Crippen LogP) is 4.54. The first-order chi connectivity index (χ1) is 16.6. The van der Waals surface area contributed by atoms with Crippen molar-refractivity contribution < 1.29 is 13.6 Å². The Hall–Kier alpha value is -3.39. The fraction of sp³-hybridized carbons (Fsp3) is 0.269. The van der Waals surface area contributed by atoms with Crippen LogP contribution in [0.1, 0.15) is 44.5 Å². The molecule has 0 saturated heterocycles. The molecule has 0 unspecified atom stereocenters. The molecule has 0 bridgehead atoms. The van der Waals surface area contributed by atoms with E-state index in [1.54, 1.807) is 28.9 Å². The Bertz CT molecular complexity index is 1350. The number of amides is 1. The van der Waals surface area contributed by atoms with E-state index in [1.807, 2.05) is 36.4 Å². The van der Waals surface area contributed by atoms with Crippen LogP contribution < -0.4 is 15.9 Å². The van der Waals surface area contributed by atoms with Gasteiger partial charge in [0.1, 0.15) is 17.3 Å². The second-order valence-corrected chi connectivity index (χ2v) is 9.27. The van der Waals surface area contributed by atoms with E-state index in [9.17, 15) is 9.18 Å². The topological polar surface area (TPSA) is 70.2 Å². The number of thioether (sulfide) groups is 1. The zero-order valence-electron chi connectivity index (χ0n) is 18.8. The molecule has 0 spiro atoms. The number of unbranched alkanes of at least 4 members (excludes halogenated alkanes) is 3. The average molecular weight is 477 g/mol. The zero-order valence-corrected chi connectivity index (χ0v) is 19.6. The van der Waals surface area contributed by atoms with E-state index in [2.05, 4.69) is 12.2 Å². The third kappa shape index (κ3) is 4.50. The van der Waals surface area contributed by atoms with E-state index in [-0.39, 0.29) is 11.7 Å². The van der Waals surface area contributed by atoms with Crippen molar-refractivity contribution in [2.24, 2.45) is 10.1 Å². The van der Waals surface area contributed by atoms with Crippen molar-refractivity contribution in [3.05, 3.63) is 82.8 Å². The number of carbonyl (C=O) groups excluding carboxylic acids is 1. The largest absolute Gasteiger partial charge is 0.457 e. The van der Waals surface area contributed by atoms with E-state index in [1.165, 1.54) is 25.0 Å². The van der Waals surface area contributed by atoms with Gasteiger partial charge in [-0.05, 0) is 48.9 Å². The lowest BCUT2D eigenvalue weighted by Crippen LogP contribution is -2.50. The van der Waals surface area contributed by atoms with Gasteiger partial charge in [0.15, 0.2) is 10.9 Å². The molecule has 0 aliphatic carbocycles. The highest BCUT2D eigenvalue weighted by atomic mass is 32.2. The summed E-state index contributed by atoms with van der Waals surface area (Å²) in [4.78, 5) is 18.0. The maximum atomic E-state index is 13.3. The monoisotopic (exact) mass is 476 g/mol. The average Bonchev–Trinajstić information content (AvgIpc) is 3.34. The van der Waals surface area contributed by atoms with Crippen molar-refractivity contribution in [3.8, 4) is 11.3 Å². The molecule has 1 amide bonds. The van der Waals surface area contributed by atoms with Crippen LogP contribution in [0.3, 0.4) is 0 Å². The minimum atomic E-state index is -0.624. The van der Waals surface area contributed by atoms with Gasteiger partial charge in [0.25, 0.3) is 5.91 Å². The first-order valence-electron chi connectivity index (χ1n) is 11.5. The van der Waals surface area contributed by atoms with Crippen LogP contribution in [0.15, 0.2) is 75.2 Å². The van der Waals surface area contributed by atoms with Gasteiger partial charge < -0.3 is 4.42 Å². The van der Waals surface area contributed by atoms with Crippen LogP contribution in [0.2, 0.25) is 0 Å². The van der Waals surface area contributed by atoms with E-state index in [0.717, 1.165) is 29.4 Å². The Morgan fingerprint density at radius 1 is 1.06 bits per heavy atom. The third-order valence-electron chi connectivity index (χ3n) is 5.76. The first-order valence-corrected chi connectivity index (χ1v) is 12.5. The molecule has 1 aromatic heterocycles. The highest BCUT2D eigenvalue weighted by Gasteiger charge is 2.35. The summed E-state index contributed by atoms with van der Waals surface area (Å²) in [6.45, 7) is 2.18. The van der Waals surface area contributed by atoms with E-state index in [4.69, 9.17) is 14.5 Å². The highest BCUT2D eigenvalue weighted by Crippen LogP contribution is 2.34. The summed E-state index contributed by atoms with van der Waals surface area (Å²) < 4.78 is 19.5. The highest BCUT2D eigenvalue weighted by molar-refractivity contribution is 8.13. The molecule has 0 saturated carbocycles. The number of para-hydroxylation sites is 1. The maximum absolute atomic E-state index is 13.3. The zero-order chi connectivity index (χ0) is 23.5. The van der Waals surface area contributed by atoms with Crippen molar-refractivity contribution in [3.63, 3.8) is 0 Å². The molecule has 174 valence electrons. The molecular formula is C26H25FN4O2S. The van der Waals surface area contributed by atoms with Gasteiger partial charge in [0.05, 0.1) is 5.36 Å². The number of fused-ring (bicyclic) bond motifs is 2. The van der Waals surface area contributed by atoms with Gasteiger partial charge in [0.2, 0.25) is 6.17 Å². The number of hydrogen-bond acceptors (Lipinski definition) is 6. The molecule has 1 N–H and O–H groups in total. The molecule has 6 nitrogen and oxygen atoms in total. The molecule has 34 heavy (non-hydrogen) atoms. The summed E-state index contributed by atoms with van der Waals surface area (Å²) in [5.41, 5.74) is 1.21. The lowest BCUT2D eigenvalue weighted by Gasteiger charge is -2.32. The quantitative estimate of drug-likeness (QED) is 0.508. The number of nitrogens with one attached hydrogen (secondary N) is 1. The molecule has 0 fully saturated rings. The van der Waals surface area contributed by atoms with Crippen molar-refractivity contribution in [2.45, 2.75) is 38.8 Å². The van der Waals surface area contributed by atoms with Crippen LogP contribution in [-0.2, 0) is 4.79 Å². The van der Waals surface area contributed by atoms with Gasteiger partial charge in [-0.25, -0.2) is 14.4 Å². The van der Waals surface area contributed by atoms with Crippen LogP contribution in [0.25, 0.3) is 17.0 Å². The van der Waals surface area contributed by atoms with Crippen LogP contribution in [0.5, 0.6) is 0 Å². The Morgan fingerprint density at radius 3 is 2.71 bits per heavy atom. The Balaban J connectivity index is 1.50. The number of hydrazone groups is 1. The number of carbonyl (C=O) groups is 1. The summed E-state index contributed by atoms with van der Waals surface area (Å²) in [6, 6.07) is 17.3. The number of rotatable bonds is 7. The van der Waals surface area contributed by atoms with Gasteiger partial charge in [-0.3, -0.25) is 10.1 Å². The van der Waals surface area contributed by atoms with Crippen molar-refractivity contribution in [2.75, 3.05) is 5.75 Å². The molecular weight excluding hydrogens is 451 g/mol. The van der Waals surface area contributed by atoms with Gasteiger partial charge in [-0.15, -0.1) is 5.10 Å². The van der Waals surface area contributed by atoms with Gasteiger partial charge >= 0.3 is 0 Å². The fourth-order valence-electron chi connectivity index (χ4n) is 4.04. The minimum Gasteiger partial charge on any atom is -0.457 e. The third-order valence-corrected chi connectivity index (χ3v) is 6.71. The number of halogens is 1. The van der Waals surface area contributed by atoms with Crippen LogP contribution in [0, 0.1) is 5.82 Å². The molecule has 3 heterocycles. The Kier molecular flexibility index (Phi) is 6.49. The van der Waals surface area contributed by atoms with Crippen molar-refractivity contribution in [1.29, 1.82) is 0 Å².